The highest BCUT2D eigenvalue weighted by Gasteiger charge is 2.31. The second kappa shape index (κ2) is 14.8. The summed E-state index contributed by atoms with van der Waals surface area (Å²) < 4.78 is 28.2. The summed E-state index contributed by atoms with van der Waals surface area (Å²) in [6, 6.07) is 10.8. The molecular formula is C35H39ClN6O8S. The van der Waals surface area contributed by atoms with E-state index in [1.54, 1.807) is 57.2 Å². The third-order valence-corrected chi connectivity index (χ3v) is 10.7. The molecule has 2 aromatic carbocycles. The average molecular weight is 739 g/mol. The van der Waals surface area contributed by atoms with E-state index >= 15 is 0 Å². The first-order valence-electron chi connectivity index (χ1n) is 16.2. The Balaban J connectivity index is 0.000000488. The number of hydrogen-bond acceptors (Lipinski definition) is 10. The van der Waals surface area contributed by atoms with Gasteiger partial charge in [0, 0.05) is 6.07 Å². The van der Waals surface area contributed by atoms with Crippen LogP contribution >= 0.6 is 11.6 Å². The Morgan fingerprint density at radius 1 is 1.08 bits per heavy atom. The lowest BCUT2D eigenvalue weighted by Gasteiger charge is -2.21. The number of esters is 1. The van der Waals surface area contributed by atoms with Crippen molar-refractivity contribution >= 4 is 56.5 Å². The monoisotopic (exact) mass is 738 g/mol. The minimum Gasteiger partial charge on any atom is -0.477 e. The molecule has 3 heterocycles. The number of nitrogens with one attached hydrogen (secondary N) is 2. The van der Waals surface area contributed by atoms with E-state index in [0.717, 1.165) is 33.7 Å². The highest BCUT2D eigenvalue weighted by molar-refractivity contribution is 7.91. The summed E-state index contributed by atoms with van der Waals surface area (Å²) in [4.78, 5) is 55.3. The van der Waals surface area contributed by atoms with E-state index in [9.17, 15) is 32.7 Å². The number of benzene rings is 2. The van der Waals surface area contributed by atoms with Crippen LogP contribution in [0.15, 0.2) is 48.7 Å². The number of halogens is 1. The molecule has 1 saturated heterocycles. The molecule has 14 nitrogen and oxygen atoms in total. The van der Waals surface area contributed by atoms with Crippen molar-refractivity contribution in [1.29, 1.82) is 0 Å². The maximum Gasteiger partial charge on any atom is 0.354 e. The van der Waals surface area contributed by atoms with Crippen molar-refractivity contribution < 1.29 is 37.4 Å². The number of rotatable bonds is 7. The number of carbonyl (C=O) groups is 4. The Morgan fingerprint density at radius 3 is 2.41 bits per heavy atom. The van der Waals surface area contributed by atoms with E-state index < -0.39 is 50.9 Å². The molecule has 270 valence electrons. The van der Waals surface area contributed by atoms with Crippen LogP contribution in [0.5, 0.6) is 0 Å². The molecule has 0 bridgehead atoms. The molecule has 2 amide bonds. The van der Waals surface area contributed by atoms with Gasteiger partial charge in [-0.1, -0.05) is 29.8 Å². The minimum atomic E-state index is -2.69. The molecule has 2 atom stereocenters. The van der Waals surface area contributed by atoms with Gasteiger partial charge in [0.15, 0.2) is 21.2 Å². The highest BCUT2D eigenvalue weighted by atomic mass is 35.5. The molecule has 51 heavy (non-hydrogen) atoms. The van der Waals surface area contributed by atoms with Crippen LogP contribution in [0.4, 0.5) is 5.69 Å². The topological polar surface area (TPSA) is 212 Å². The fourth-order valence-electron chi connectivity index (χ4n) is 6.02. The van der Waals surface area contributed by atoms with Crippen molar-refractivity contribution in [3.05, 3.63) is 92.9 Å². The van der Waals surface area contributed by atoms with Crippen molar-refractivity contribution in [2.45, 2.75) is 58.6 Å². The van der Waals surface area contributed by atoms with E-state index in [4.69, 9.17) is 22.1 Å². The van der Waals surface area contributed by atoms with Crippen molar-refractivity contribution in [2.24, 2.45) is 11.7 Å². The van der Waals surface area contributed by atoms with Crippen molar-refractivity contribution in [3.63, 3.8) is 0 Å². The summed E-state index contributed by atoms with van der Waals surface area (Å²) in [6.45, 7) is 7.78. The van der Waals surface area contributed by atoms with Gasteiger partial charge >= 0.3 is 11.9 Å². The van der Waals surface area contributed by atoms with Gasteiger partial charge in [0.25, 0.3) is 11.8 Å². The second-order valence-corrected chi connectivity index (χ2v) is 16.1. The number of aromatic nitrogens is 3. The number of aromatic carboxylic acids is 1. The van der Waals surface area contributed by atoms with Gasteiger partial charge in [-0.05, 0) is 94.3 Å². The van der Waals surface area contributed by atoms with Crippen LogP contribution in [0, 0.1) is 12.8 Å². The first-order valence-corrected chi connectivity index (χ1v) is 18.4. The van der Waals surface area contributed by atoms with E-state index in [1.807, 2.05) is 6.92 Å². The van der Waals surface area contributed by atoms with Crippen molar-refractivity contribution in [1.82, 2.24) is 19.9 Å². The largest absolute Gasteiger partial charge is 0.477 e. The van der Waals surface area contributed by atoms with Gasteiger partial charge in [-0.25, -0.2) is 27.5 Å². The van der Waals surface area contributed by atoms with Gasteiger partial charge in [0.2, 0.25) is 0 Å². The maximum atomic E-state index is 13.5. The Bertz CT molecular complexity index is 2140. The number of nitrogens with zero attached hydrogens (tertiary/aromatic N) is 3. The van der Waals surface area contributed by atoms with Crippen molar-refractivity contribution in [2.75, 3.05) is 23.4 Å². The number of hydrogen-bond donors (Lipinski definition) is 4. The number of fused-ring (bicyclic) bond motifs is 2. The van der Waals surface area contributed by atoms with Gasteiger partial charge in [-0.15, -0.1) is 0 Å². The van der Waals surface area contributed by atoms with Crippen LogP contribution < -0.4 is 16.4 Å². The number of sulfone groups is 1. The Kier molecular flexibility index (Phi) is 10.8. The summed E-state index contributed by atoms with van der Waals surface area (Å²) in [5.41, 5.74) is 7.40. The van der Waals surface area contributed by atoms with Gasteiger partial charge in [0.05, 0.1) is 40.0 Å². The van der Waals surface area contributed by atoms with Crippen LogP contribution in [0.3, 0.4) is 0 Å². The number of ether oxygens (including phenoxy) is 1. The summed E-state index contributed by atoms with van der Waals surface area (Å²) >= 11 is 6.15. The van der Waals surface area contributed by atoms with Crippen LogP contribution in [-0.2, 0) is 21.0 Å². The molecule has 6 rings (SSSR count). The Hall–Kier alpha value is -4.86. The van der Waals surface area contributed by atoms with E-state index in [-0.39, 0.29) is 22.8 Å². The fourth-order valence-corrected chi connectivity index (χ4v) is 8.08. The molecule has 1 fully saturated rings. The predicted molar refractivity (Wildman–Crippen MR) is 190 cm³/mol. The van der Waals surface area contributed by atoms with Crippen LogP contribution in [0.2, 0.25) is 5.02 Å². The zero-order chi connectivity index (χ0) is 37.2. The number of para-hydroxylation sites is 1. The quantitative estimate of drug-likeness (QED) is 0.195. The number of carboxylic acid groups (broad SMARTS) is 1. The summed E-state index contributed by atoms with van der Waals surface area (Å²) in [6.07, 6.45) is 3.18. The molecule has 4 aromatic rings. The minimum absolute atomic E-state index is 0.0384. The van der Waals surface area contributed by atoms with Crippen LogP contribution in [0.25, 0.3) is 5.65 Å². The van der Waals surface area contributed by atoms with Gasteiger partial charge < -0.3 is 26.2 Å². The number of anilines is 1. The second-order valence-electron chi connectivity index (χ2n) is 13.4. The summed E-state index contributed by atoms with van der Waals surface area (Å²) in [5.74, 6) is -2.13. The summed E-state index contributed by atoms with van der Waals surface area (Å²) in [7, 11) is -2.69. The molecule has 1 aliphatic heterocycles. The number of amides is 2. The van der Waals surface area contributed by atoms with Gasteiger partial charge in [0.1, 0.15) is 16.9 Å². The number of carboxylic acids is 1. The maximum absolute atomic E-state index is 13.5. The molecule has 1 unspecified atom stereocenters. The third kappa shape index (κ3) is 8.55. The highest BCUT2D eigenvalue weighted by Crippen LogP contribution is 2.35. The van der Waals surface area contributed by atoms with Gasteiger partial charge in [-0.3, -0.25) is 9.59 Å². The summed E-state index contributed by atoms with van der Waals surface area (Å²) in [5, 5.41) is 19.8. The molecule has 2 aromatic heterocycles. The Morgan fingerprint density at radius 2 is 1.80 bits per heavy atom. The van der Waals surface area contributed by atoms with Gasteiger partial charge in [-0.2, -0.15) is 5.10 Å². The zero-order valence-electron chi connectivity index (χ0n) is 28.5. The molecule has 0 spiro atoms. The molecule has 2 aliphatic rings. The predicted octanol–water partition coefficient (Wildman–Crippen LogP) is 4.39. The normalized spacial score (nSPS) is 17.6. The first-order chi connectivity index (χ1) is 24.0. The molecule has 0 radical (unpaired) electrons. The third-order valence-electron chi connectivity index (χ3n) is 8.57. The first kappa shape index (κ1) is 37.4. The SMILES string of the molecule is Cc1c(C(=O)OC(C)(C)C)ccc2c1CC[C@@H]2NC(=O)c1cc(C(=O)O)nc2c(C(=O)Nc3ccccc3Cl)cnn12.NCC1CCS(=O)(=O)C1. The van der Waals surface area contributed by atoms with Crippen LogP contribution in [0.1, 0.15) is 98.0 Å². The average Bonchev–Trinajstić information content (AvgIpc) is 3.77. The van der Waals surface area contributed by atoms with Crippen LogP contribution in [-0.4, -0.2) is 75.5 Å². The molecule has 1 aliphatic carbocycles. The lowest BCUT2D eigenvalue weighted by molar-refractivity contribution is 0.00681. The molecular weight excluding hydrogens is 700 g/mol. The lowest BCUT2D eigenvalue weighted by Crippen LogP contribution is -2.30. The Labute approximate surface area is 299 Å². The standard InChI is InChI=1S/C30H28ClN5O6.C5H11NO2S/c1-15-16-11-12-21(18(16)10-9-17(15)29(41)42-30(2,3)4)34-27(38)24-13-23(28(39)40)33-25-19(14-32-36(24)25)26(37)35-22-8-6-5-7-20(22)31;6-3-5-1-2-9(7,8)4-5/h5-10,13-14,21H,11-12H2,1-4H3,(H,34,38)(H,35,37)(H,39,40);5H,1-4,6H2/t21-;/m0./s1. The molecule has 16 heteroatoms. The number of nitrogens with two attached hydrogens (primary N) is 1. The lowest BCUT2D eigenvalue weighted by atomic mass is 9.97. The van der Waals surface area contributed by atoms with Crippen molar-refractivity contribution in [3.8, 4) is 0 Å². The van der Waals surface area contributed by atoms with E-state index in [2.05, 4.69) is 20.7 Å². The fraction of sp³-hybridized carbons (Fsp3) is 0.371. The number of carbonyl (C=O) groups excluding carboxylic acids is 3. The molecule has 0 saturated carbocycles. The van der Waals surface area contributed by atoms with E-state index in [1.165, 1.54) is 6.20 Å². The smallest absolute Gasteiger partial charge is 0.354 e. The van der Waals surface area contributed by atoms with E-state index in [0.29, 0.717) is 47.2 Å². The zero-order valence-corrected chi connectivity index (χ0v) is 30.1. The molecule has 5 N–H and O–H groups in total.